The lowest BCUT2D eigenvalue weighted by Gasteiger charge is -2.33. The molecule has 0 saturated heterocycles. The number of carbonyl (C=O) groups is 1. The van der Waals surface area contributed by atoms with Gasteiger partial charge in [0.1, 0.15) is 18.3 Å². The minimum atomic E-state index is -3.07. The molecule has 0 unspecified atom stereocenters. The monoisotopic (exact) mass is 418 g/mol. The quantitative estimate of drug-likeness (QED) is 0.787. The van der Waals surface area contributed by atoms with E-state index in [0.29, 0.717) is 5.69 Å². The minimum absolute atomic E-state index is 0. The first-order valence-corrected chi connectivity index (χ1v) is 7.92. The van der Waals surface area contributed by atoms with E-state index < -0.39 is 35.9 Å². The summed E-state index contributed by atoms with van der Waals surface area (Å²) in [5, 5.41) is 9.97. The molecule has 2 heterocycles. The second-order valence-corrected chi connectivity index (χ2v) is 6.12. The standard InChI is InChI=1S/C16H17F3N6O2.ClH/c1-8-13(23-24-25(8)2)14(26)21-9-3-4-11(17)10(5-9)16(15(18)19)7-27-6-12(20)22-16;/h3-5,15H,6-7H2,1-2H3,(H2,20,22)(H,21,26);1H/t16-;/m0./s1. The largest absolute Gasteiger partial charge is 0.385 e. The van der Waals surface area contributed by atoms with Crippen LogP contribution < -0.4 is 11.1 Å². The number of nitrogens with one attached hydrogen (secondary N) is 1. The molecule has 1 aliphatic heterocycles. The van der Waals surface area contributed by atoms with Gasteiger partial charge in [0, 0.05) is 18.3 Å². The molecule has 2 aromatic rings. The van der Waals surface area contributed by atoms with E-state index in [9.17, 15) is 18.0 Å². The van der Waals surface area contributed by atoms with E-state index in [0.717, 1.165) is 12.1 Å². The number of ether oxygens (including phenoxy) is 1. The fourth-order valence-electron chi connectivity index (χ4n) is 2.74. The van der Waals surface area contributed by atoms with Crippen molar-refractivity contribution in [1.29, 1.82) is 0 Å². The zero-order chi connectivity index (χ0) is 19.8. The van der Waals surface area contributed by atoms with Gasteiger partial charge in [-0.25, -0.2) is 13.2 Å². The third kappa shape index (κ3) is 3.80. The molecule has 8 nitrogen and oxygen atoms in total. The molecule has 0 spiro atoms. The van der Waals surface area contributed by atoms with Gasteiger partial charge in [-0.15, -0.1) is 17.5 Å². The van der Waals surface area contributed by atoms with Crippen LogP contribution in [0.2, 0.25) is 0 Å². The van der Waals surface area contributed by atoms with Crippen molar-refractivity contribution >= 4 is 29.8 Å². The molecule has 1 aliphatic rings. The third-order valence-electron chi connectivity index (χ3n) is 4.29. The number of hydrogen-bond acceptors (Lipinski definition) is 6. The lowest BCUT2D eigenvalue weighted by atomic mass is 9.90. The van der Waals surface area contributed by atoms with Gasteiger partial charge in [0.2, 0.25) is 0 Å². The van der Waals surface area contributed by atoms with Gasteiger partial charge >= 0.3 is 0 Å². The molecule has 0 radical (unpaired) electrons. The number of aromatic nitrogens is 3. The van der Waals surface area contributed by atoms with Crippen LogP contribution in [0, 0.1) is 12.7 Å². The number of alkyl halides is 2. The van der Waals surface area contributed by atoms with Crippen LogP contribution in [0.3, 0.4) is 0 Å². The normalized spacial score (nSPS) is 19.1. The Hall–Kier alpha value is -2.66. The molecule has 12 heteroatoms. The highest BCUT2D eigenvalue weighted by molar-refractivity contribution is 6.03. The van der Waals surface area contributed by atoms with Crippen LogP contribution in [0.4, 0.5) is 18.9 Å². The molecule has 3 rings (SSSR count). The summed E-state index contributed by atoms with van der Waals surface area (Å²) in [7, 11) is 1.62. The zero-order valence-corrected chi connectivity index (χ0v) is 15.8. The molecule has 1 atom stereocenters. The molecule has 3 N–H and O–H groups in total. The zero-order valence-electron chi connectivity index (χ0n) is 14.9. The van der Waals surface area contributed by atoms with Gasteiger partial charge in [-0.3, -0.25) is 14.5 Å². The summed E-state index contributed by atoms with van der Waals surface area (Å²) in [5.41, 5.74) is 3.50. The van der Waals surface area contributed by atoms with Gasteiger partial charge in [0.05, 0.1) is 12.3 Å². The van der Waals surface area contributed by atoms with Gasteiger partial charge in [-0.1, -0.05) is 5.21 Å². The summed E-state index contributed by atoms with van der Waals surface area (Å²) in [4.78, 5) is 16.1. The van der Waals surface area contributed by atoms with Crippen LogP contribution in [0.1, 0.15) is 21.7 Å². The Morgan fingerprint density at radius 1 is 1.43 bits per heavy atom. The van der Waals surface area contributed by atoms with Gasteiger partial charge in [-0.05, 0) is 25.1 Å². The van der Waals surface area contributed by atoms with Crippen molar-refractivity contribution < 1.29 is 22.7 Å². The summed E-state index contributed by atoms with van der Waals surface area (Å²) >= 11 is 0. The number of hydrogen-bond donors (Lipinski definition) is 2. The first kappa shape index (κ1) is 21.6. The number of anilines is 1. The highest BCUT2D eigenvalue weighted by Gasteiger charge is 2.46. The van der Waals surface area contributed by atoms with Crippen molar-refractivity contribution in [2.24, 2.45) is 17.8 Å². The molecule has 0 aliphatic carbocycles. The van der Waals surface area contributed by atoms with Gasteiger partial charge < -0.3 is 15.8 Å². The van der Waals surface area contributed by atoms with E-state index in [4.69, 9.17) is 10.5 Å². The maximum Gasteiger partial charge on any atom is 0.278 e. The fraction of sp³-hybridized carbons (Fsp3) is 0.375. The molecule has 0 saturated carbocycles. The van der Waals surface area contributed by atoms with Gasteiger partial charge in [0.25, 0.3) is 12.3 Å². The van der Waals surface area contributed by atoms with Crippen molar-refractivity contribution in [3.63, 3.8) is 0 Å². The van der Waals surface area contributed by atoms with Crippen LogP contribution in [-0.2, 0) is 17.3 Å². The fourth-order valence-corrected chi connectivity index (χ4v) is 2.74. The molecule has 1 aromatic heterocycles. The summed E-state index contributed by atoms with van der Waals surface area (Å²) in [6.45, 7) is 0.995. The predicted molar refractivity (Wildman–Crippen MR) is 97.5 cm³/mol. The molecule has 0 bridgehead atoms. The van der Waals surface area contributed by atoms with Crippen LogP contribution >= 0.6 is 12.4 Å². The van der Waals surface area contributed by atoms with E-state index in [2.05, 4.69) is 20.6 Å². The van der Waals surface area contributed by atoms with Gasteiger partial charge in [0.15, 0.2) is 11.2 Å². The number of nitrogens with two attached hydrogens (primary N) is 1. The average Bonchev–Trinajstić information content (AvgIpc) is 2.95. The number of benzene rings is 1. The molecular weight excluding hydrogens is 401 g/mol. The van der Waals surface area contributed by atoms with E-state index in [1.807, 2.05) is 0 Å². The topological polar surface area (TPSA) is 107 Å². The summed E-state index contributed by atoms with van der Waals surface area (Å²) in [6.07, 6.45) is -3.07. The highest BCUT2D eigenvalue weighted by atomic mass is 35.5. The average molecular weight is 419 g/mol. The SMILES string of the molecule is Cc1c(C(=O)Nc2ccc(F)c([C@]3(C(F)F)COCC(N)=N3)c2)nnn1C.Cl. The Labute approximate surface area is 164 Å². The number of amidine groups is 1. The second kappa shape index (κ2) is 8.15. The maximum absolute atomic E-state index is 14.4. The number of amides is 1. The van der Waals surface area contributed by atoms with Crippen LogP contribution in [0.15, 0.2) is 23.2 Å². The van der Waals surface area contributed by atoms with Crippen molar-refractivity contribution in [2.75, 3.05) is 18.5 Å². The Bertz CT molecular complexity index is 920. The number of aryl methyl sites for hydroxylation is 1. The first-order valence-electron chi connectivity index (χ1n) is 7.92. The molecular formula is C16H18ClF3N6O2. The number of rotatable bonds is 4. The number of carbonyl (C=O) groups excluding carboxylic acids is 1. The Balaban J connectivity index is 0.00000280. The van der Waals surface area contributed by atoms with Crippen LogP contribution in [0.5, 0.6) is 0 Å². The lowest BCUT2D eigenvalue weighted by Crippen LogP contribution is -2.45. The summed E-state index contributed by atoms with van der Waals surface area (Å²) < 4.78 is 48.5. The summed E-state index contributed by atoms with van der Waals surface area (Å²) in [6, 6.07) is 3.31. The van der Waals surface area contributed by atoms with E-state index in [1.165, 1.54) is 10.7 Å². The van der Waals surface area contributed by atoms with Crippen LogP contribution in [0.25, 0.3) is 0 Å². The van der Waals surface area contributed by atoms with Crippen molar-refractivity contribution in [2.45, 2.75) is 18.9 Å². The van der Waals surface area contributed by atoms with Crippen molar-refractivity contribution in [3.05, 3.63) is 41.0 Å². The van der Waals surface area contributed by atoms with E-state index in [-0.39, 0.29) is 36.2 Å². The van der Waals surface area contributed by atoms with Crippen molar-refractivity contribution in [1.82, 2.24) is 15.0 Å². The first-order chi connectivity index (χ1) is 12.7. The minimum Gasteiger partial charge on any atom is -0.385 e. The second-order valence-electron chi connectivity index (χ2n) is 6.12. The third-order valence-corrected chi connectivity index (χ3v) is 4.29. The van der Waals surface area contributed by atoms with E-state index in [1.54, 1.807) is 14.0 Å². The number of halogens is 4. The summed E-state index contributed by atoms with van der Waals surface area (Å²) in [5.74, 6) is -1.68. The number of aliphatic imine (C=N–C) groups is 1. The Morgan fingerprint density at radius 2 is 2.14 bits per heavy atom. The maximum atomic E-state index is 14.4. The Morgan fingerprint density at radius 3 is 2.71 bits per heavy atom. The molecule has 0 fully saturated rings. The highest BCUT2D eigenvalue weighted by Crippen LogP contribution is 2.38. The molecule has 1 aromatic carbocycles. The smallest absolute Gasteiger partial charge is 0.278 e. The molecule has 28 heavy (non-hydrogen) atoms. The molecule has 152 valence electrons. The molecule has 1 amide bonds. The van der Waals surface area contributed by atoms with Crippen LogP contribution in [-0.4, -0.2) is 46.4 Å². The van der Waals surface area contributed by atoms with Gasteiger partial charge in [-0.2, -0.15) is 0 Å². The van der Waals surface area contributed by atoms with E-state index >= 15 is 0 Å². The Kier molecular flexibility index (Phi) is 6.30. The lowest BCUT2D eigenvalue weighted by molar-refractivity contribution is -0.0145. The predicted octanol–water partition coefficient (Wildman–Crippen LogP) is 1.78. The number of nitrogens with zero attached hydrogens (tertiary/aromatic N) is 4. The van der Waals surface area contributed by atoms with Crippen molar-refractivity contribution in [3.8, 4) is 0 Å².